The van der Waals surface area contributed by atoms with Gasteiger partial charge in [0.05, 0.1) is 17.9 Å². The van der Waals surface area contributed by atoms with E-state index in [1.807, 2.05) is 56.8 Å². The molecule has 0 aliphatic carbocycles. The Balaban J connectivity index is 2.01. The first kappa shape index (κ1) is 18.5. The number of hydrogen-bond donors (Lipinski definition) is 2. The lowest BCUT2D eigenvalue weighted by atomic mass is 10.0. The van der Waals surface area contributed by atoms with Crippen LogP contribution in [0.1, 0.15) is 55.4 Å². The lowest BCUT2D eigenvalue weighted by Crippen LogP contribution is -2.25. The smallest absolute Gasteiger partial charge is 0.120 e. The molecule has 2 atom stereocenters. The van der Waals surface area contributed by atoms with Crippen LogP contribution in [0.4, 0.5) is 0 Å². The average molecular weight is 331 g/mol. The number of hydrogen-bond acceptors (Lipinski definition) is 4. The highest BCUT2D eigenvalue weighted by molar-refractivity contribution is 5.31. The quantitative estimate of drug-likeness (QED) is 0.818. The number of benzene rings is 1. The summed E-state index contributed by atoms with van der Waals surface area (Å²) in [4.78, 5) is 0. The van der Waals surface area contributed by atoms with Gasteiger partial charge < -0.3 is 15.2 Å². The van der Waals surface area contributed by atoms with E-state index in [4.69, 9.17) is 4.74 Å². The number of aromatic nitrogens is 2. The second-order valence-corrected chi connectivity index (χ2v) is 6.59. The lowest BCUT2D eigenvalue weighted by Gasteiger charge is -2.19. The molecule has 132 valence electrons. The maximum atomic E-state index is 10.5. The van der Waals surface area contributed by atoms with Crippen molar-refractivity contribution in [2.24, 2.45) is 7.05 Å². The first-order chi connectivity index (χ1) is 11.3. The highest BCUT2D eigenvalue weighted by atomic mass is 16.5. The Morgan fingerprint density at radius 1 is 1.25 bits per heavy atom. The van der Waals surface area contributed by atoms with Crippen LogP contribution in [0, 0.1) is 13.8 Å². The van der Waals surface area contributed by atoms with E-state index in [2.05, 4.69) is 24.3 Å². The van der Waals surface area contributed by atoms with Gasteiger partial charge in [-0.15, -0.1) is 0 Å². The third-order valence-corrected chi connectivity index (χ3v) is 4.23. The lowest BCUT2D eigenvalue weighted by molar-refractivity contribution is 0.169. The summed E-state index contributed by atoms with van der Waals surface area (Å²) < 4.78 is 7.59. The standard InChI is InChI=1S/C19H29N3O2/c1-12(2)24-17-9-7-8-16(10-17)18(23)11-20-13(3)19-14(4)21-22(6)15(19)5/h7-10,12-13,18,20,23H,11H2,1-6H3. The first-order valence-corrected chi connectivity index (χ1v) is 8.47. The zero-order chi connectivity index (χ0) is 17.9. The van der Waals surface area contributed by atoms with Crippen LogP contribution in [-0.4, -0.2) is 27.5 Å². The zero-order valence-electron chi connectivity index (χ0n) is 15.5. The highest BCUT2D eigenvalue weighted by Gasteiger charge is 2.17. The number of nitrogens with one attached hydrogen (secondary N) is 1. The number of ether oxygens (including phenoxy) is 1. The van der Waals surface area contributed by atoms with Gasteiger partial charge in [0, 0.05) is 30.9 Å². The molecule has 0 saturated carbocycles. The second kappa shape index (κ2) is 7.81. The first-order valence-electron chi connectivity index (χ1n) is 8.47. The van der Waals surface area contributed by atoms with Gasteiger partial charge in [0.25, 0.3) is 0 Å². The molecule has 1 aromatic carbocycles. The van der Waals surface area contributed by atoms with Gasteiger partial charge in [0.2, 0.25) is 0 Å². The topological polar surface area (TPSA) is 59.3 Å². The van der Waals surface area contributed by atoms with E-state index in [9.17, 15) is 5.11 Å². The van der Waals surface area contributed by atoms with Gasteiger partial charge in [0.1, 0.15) is 5.75 Å². The molecule has 5 nitrogen and oxygen atoms in total. The van der Waals surface area contributed by atoms with Crippen LogP contribution < -0.4 is 10.1 Å². The maximum Gasteiger partial charge on any atom is 0.120 e. The minimum Gasteiger partial charge on any atom is -0.491 e. The Morgan fingerprint density at radius 3 is 2.54 bits per heavy atom. The molecule has 1 heterocycles. The SMILES string of the molecule is Cc1nn(C)c(C)c1C(C)NCC(O)c1cccc(OC(C)C)c1. The Hall–Kier alpha value is -1.85. The number of aliphatic hydroxyl groups excluding tert-OH is 1. The van der Waals surface area contributed by atoms with E-state index in [1.165, 1.54) is 5.56 Å². The van der Waals surface area contributed by atoms with Gasteiger partial charge in [0.15, 0.2) is 0 Å². The summed E-state index contributed by atoms with van der Waals surface area (Å²) >= 11 is 0. The minimum absolute atomic E-state index is 0.118. The molecule has 2 unspecified atom stereocenters. The zero-order valence-corrected chi connectivity index (χ0v) is 15.5. The van der Waals surface area contributed by atoms with Gasteiger partial charge in [-0.3, -0.25) is 4.68 Å². The predicted molar refractivity (Wildman–Crippen MR) is 96.3 cm³/mol. The Kier molecular flexibility index (Phi) is 6.02. The molecule has 1 aromatic heterocycles. The molecule has 0 aliphatic heterocycles. The maximum absolute atomic E-state index is 10.5. The van der Waals surface area contributed by atoms with E-state index >= 15 is 0 Å². The third kappa shape index (κ3) is 4.36. The monoisotopic (exact) mass is 331 g/mol. The molecule has 2 aromatic rings. The summed E-state index contributed by atoms with van der Waals surface area (Å²) in [5, 5.41) is 18.3. The largest absolute Gasteiger partial charge is 0.491 e. The van der Waals surface area contributed by atoms with E-state index in [0.29, 0.717) is 6.54 Å². The van der Waals surface area contributed by atoms with Gasteiger partial charge in [-0.1, -0.05) is 12.1 Å². The molecule has 2 rings (SSSR count). The van der Waals surface area contributed by atoms with Gasteiger partial charge in [-0.25, -0.2) is 0 Å². The van der Waals surface area contributed by atoms with Crippen molar-refractivity contribution in [3.8, 4) is 5.75 Å². The third-order valence-electron chi connectivity index (χ3n) is 4.23. The molecule has 2 N–H and O–H groups in total. The van der Waals surface area contributed by atoms with E-state index in [-0.39, 0.29) is 12.1 Å². The molecule has 0 aliphatic rings. The van der Waals surface area contributed by atoms with Crippen LogP contribution >= 0.6 is 0 Å². The van der Waals surface area contributed by atoms with E-state index < -0.39 is 6.10 Å². The summed E-state index contributed by atoms with van der Waals surface area (Å²) in [6.45, 7) is 10.6. The summed E-state index contributed by atoms with van der Waals surface area (Å²) in [7, 11) is 1.95. The van der Waals surface area contributed by atoms with Crippen LogP contribution in [-0.2, 0) is 7.05 Å². The van der Waals surface area contributed by atoms with Crippen molar-refractivity contribution in [3.05, 3.63) is 46.8 Å². The summed E-state index contributed by atoms with van der Waals surface area (Å²) in [5.41, 5.74) is 4.22. The number of nitrogens with zero attached hydrogens (tertiary/aromatic N) is 2. The summed E-state index contributed by atoms with van der Waals surface area (Å²) in [5.74, 6) is 0.786. The number of rotatable bonds is 7. The predicted octanol–water partition coefficient (Wildman–Crippen LogP) is 3.21. The molecular weight excluding hydrogens is 302 g/mol. The number of aryl methyl sites for hydroxylation is 2. The van der Waals surface area contributed by atoms with Gasteiger partial charge >= 0.3 is 0 Å². The van der Waals surface area contributed by atoms with Crippen molar-refractivity contribution < 1.29 is 9.84 Å². The molecule has 0 bridgehead atoms. The van der Waals surface area contributed by atoms with Crippen LogP contribution in [0.3, 0.4) is 0 Å². The molecule has 0 radical (unpaired) electrons. The summed E-state index contributed by atoms with van der Waals surface area (Å²) in [6, 6.07) is 7.77. The fourth-order valence-electron chi connectivity index (χ4n) is 2.99. The summed E-state index contributed by atoms with van der Waals surface area (Å²) in [6.07, 6.45) is -0.465. The van der Waals surface area contributed by atoms with E-state index in [1.54, 1.807) is 0 Å². The molecule has 5 heteroatoms. The van der Waals surface area contributed by atoms with Crippen molar-refractivity contribution in [3.63, 3.8) is 0 Å². The van der Waals surface area contributed by atoms with Crippen LogP contribution in [0.15, 0.2) is 24.3 Å². The Bertz CT molecular complexity index is 679. The molecule has 24 heavy (non-hydrogen) atoms. The normalized spacial score (nSPS) is 14.0. The minimum atomic E-state index is -0.583. The van der Waals surface area contributed by atoms with Crippen molar-refractivity contribution >= 4 is 0 Å². The fourth-order valence-corrected chi connectivity index (χ4v) is 2.99. The highest BCUT2D eigenvalue weighted by Crippen LogP contribution is 2.23. The fraction of sp³-hybridized carbons (Fsp3) is 0.526. The van der Waals surface area contributed by atoms with Gasteiger partial charge in [-0.2, -0.15) is 5.10 Å². The van der Waals surface area contributed by atoms with Crippen LogP contribution in [0.2, 0.25) is 0 Å². The molecule has 0 amide bonds. The van der Waals surface area contributed by atoms with Gasteiger partial charge in [-0.05, 0) is 52.3 Å². The van der Waals surface area contributed by atoms with Crippen LogP contribution in [0.25, 0.3) is 0 Å². The van der Waals surface area contributed by atoms with Crippen molar-refractivity contribution in [2.75, 3.05) is 6.54 Å². The molecule has 0 fully saturated rings. The number of aliphatic hydroxyl groups is 1. The Labute approximate surface area is 144 Å². The van der Waals surface area contributed by atoms with Crippen LogP contribution in [0.5, 0.6) is 5.75 Å². The van der Waals surface area contributed by atoms with E-state index in [0.717, 1.165) is 22.7 Å². The molecule has 0 saturated heterocycles. The second-order valence-electron chi connectivity index (χ2n) is 6.59. The van der Waals surface area contributed by atoms with Crippen molar-refractivity contribution in [1.82, 2.24) is 15.1 Å². The average Bonchev–Trinajstić information content (AvgIpc) is 2.77. The molecular formula is C19H29N3O2. The van der Waals surface area contributed by atoms with Crippen molar-refractivity contribution in [1.29, 1.82) is 0 Å². The van der Waals surface area contributed by atoms with Crippen molar-refractivity contribution in [2.45, 2.75) is 52.9 Å². The Morgan fingerprint density at radius 2 is 1.96 bits per heavy atom. The molecule has 0 spiro atoms.